The summed E-state index contributed by atoms with van der Waals surface area (Å²) in [6.45, 7) is -0.250. The van der Waals surface area contributed by atoms with Gasteiger partial charge in [0.1, 0.15) is 0 Å². The van der Waals surface area contributed by atoms with Gasteiger partial charge in [0, 0.05) is 0 Å². The SMILES string of the molecule is Br.N.OCCO. The average molecular weight is 160 g/mol. The zero-order valence-electron chi connectivity index (χ0n) is 3.42. The Morgan fingerprint density at radius 1 is 1.00 bits per heavy atom. The van der Waals surface area contributed by atoms with E-state index in [2.05, 4.69) is 0 Å². The molecule has 4 heteroatoms. The highest BCUT2D eigenvalue weighted by Crippen LogP contribution is 1.39. The molecule has 0 aliphatic rings. The van der Waals surface area contributed by atoms with Crippen LogP contribution in [0.3, 0.4) is 0 Å². The zero-order chi connectivity index (χ0) is 3.41. The molecule has 6 heavy (non-hydrogen) atoms. The molecule has 0 spiro atoms. The van der Waals surface area contributed by atoms with Crippen LogP contribution in [0.1, 0.15) is 0 Å². The number of halogens is 1. The first kappa shape index (κ1) is 16.2. The van der Waals surface area contributed by atoms with E-state index in [1.807, 2.05) is 0 Å². The van der Waals surface area contributed by atoms with Crippen molar-refractivity contribution in [1.29, 1.82) is 0 Å². The van der Waals surface area contributed by atoms with E-state index in [1.54, 1.807) is 0 Å². The maximum atomic E-state index is 7.62. The van der Waals surface area contributed by atoms with Crippen LogP contribution in [0.2, 0.25) is 0 Å². The molecule has 0 rings (SSSR count). The molecular formula is C2H10BrNO2. The number of hydrogen-bond acceptors (Lipinski definition) is 3. The van der Waals surface area contributed by atoms with Gasteiger partial charge in [-0.05, 0) is 0 Å². The highest BCUT2D eigenvalue weighted by atomic mass is 79.9. The van der Waals surface area contributed by atoms with Crippen molar-refractivity contribution >= 4 is 17.0 Å². The van der Waals surface area contributed by atoms with Gasteiger partial charge in [0.2, 0.25) is 0 Å². The van der Waals surface area contributed by atoms with Gasteiger partial charge in [-0.3, -0.25) is 0 Å². The second-order valence-corrected chi connectivity index (χ2v) is 0.447. The Morgan fingerprint density at radius 3 is 1.17 bits per heavy atom. The molecule has 0 aromatic rings. The Morgan fingerprint density at radius 2 is 1.17 bits per heavy atom. The third-order valence-corrected chi connectivity index (χ3v) is 0.1000. The van der Waals surface area contributed by atoms with Gasteiger partial charge in [0.05, 0.1) is 13.2 Å². The number of aliphatic hydroxyl groups excluding tert-OH is 2. The molecule has 0 amide bonds. The maximum absolute atomic E-state index is 7.62. The lowest BCUT2D eigenvalue weighted by Crippen LogP contribution is -1.85. The third-order valence-electron chi connectivity index (χ3n) is 0.1000. The van der Waals surface area contributed by atoms with Crippen molar-refractivity contribution < 1.29 is 10.2 Å². The van der Waals surface area contributed by atoms with Gasteiger partial charge in [-0.15, -0.1) is 17.0 Å². The average Bonchev–Trinajstić information content (AvgIpc) is 1.37. The summed E-state index contributed by atoms with van der Waals surface area (Å²) in [6.07, 6.45) is 0. The molecule has 0 saturated carbocycles. The predicted octanol–water partition coefficient (Wildman–Crippen LogP) is -0.289. The molecular weight excluding hydrogens is 150 g/mol. The number of aliphatic hydroxyl groups is 2. The lowest BCUT2D eigenvalue weighted by Gasteiger charge is -1.70. The minimum Gasteiger partial charge on any atom is -0.394 e. The Hall–Kier alpha value is 0.360. The molecule has 5 N–H and O–H groups in total. The van der Waals surface area contributed by atoms with E-state index in [0.717, 1.165) is 0 Å². The Kier molecular flexibility index (Phi) is 49.3. The van der Waals surface area contributed by atoms with E-state index in [-0.39, 0.29) is 36.3 Å². The van der Waals surface area contributed by atoms with Crippen LogP contribution in [-0.2, 0) is 0 Å². The fraction of sp³-hybridized carbons (Fsp3) is 1.00. The molecule has 3 nitrogen and oxygen atoms in total. The molecule has 0 aromatic carbocycles. The normalized spacial score (nSPS) is 5.00. The smallest absolute Gasteiger partial charge is 0.0662 e. The fourth-order valence-corrected chi connectivity index (χ4v) is 0. The minimum absolute atomic E-state index is 0. The number of rotatable bonds is 1. The quantitative estimate of drug-likeness (QED) is 0.493. The monoisotopic (exact) mass is 159 g/mol. The minimum atomic E-state index is -0.125. The van der Waals surface area contributed by atoms with E-state index in [0.29, 0.717) is 0 Å². The molecule has 0 radical (unpaired) electrons. The molecule has 0 unspecified atom stereocenters. The van der Waals surface area contributed by atoms with Crippen LogP contribution in [0.4, 0.5) is 0 Å². The first-order valence-corrected chi connectivity index (χ1v) is 1.13. The van der Waals surface area contributed by atoms with Crippen molar-refractivity contribution in [1.82, 2.24) is 6.15 Å². The van der Waals surface area contributed by atoms with Crippen LogP contribution in [0.15, 0.2) is 0 Å². The Balaban J connectivity index is -0.0000000450. The van der Waals surface area contributed by atoms with Crippen molar-refractivity contribution in [2.75, 3.05) is 13.2 Å². The highest BCUT2D eigenvalue weighted by Gasteiger charge is 1.58. The summed E-state index contributed by atoms with van der Waals surface area (Å²) in [5.74, 6) is 0. The van der Waals surface area contributed by atoms with Gasteiger partial charge < -0.3 is 16.4 Å². The largest absolute Gasteiger partial charge is 0.394 e. The molecule has 0 aliphatic carbocycles. The molecule has 0 atom stereocenters. The van der Waals surface area contributed by atoms with Crippen molar-refractivity contribution in [3.8, 4) is 0 Å². The van der Waals surface area contributed by atoms with E-state index in [9.17, 15) is 0 Å². The predicted molar refractivity (Wildman–Crippen MR) is 29.5 cm³/mol. The van der Waals surface area contributed by atoms with Crippen LogP contribution in [-0.4, -0.2) is 23.4 Å². The Bertz CT molecular complexity index is 13.5. The summed E-state index contributed by atoms with van der Waals surface area (Å²) in [6, 6.07) is 0. The molecule has 0 aliphatic heterocycles. The van der Waals surface area contributed by atoms with E-state index in [4.69, 9.17) is 10.2 Å². The Labute approximate surface area is 47.3 Å². The molecule has 0 fully saturated rings. The molecule has 0 aromatic heterocycles. The maximum Gasteiger partial charge on any atom is 0.0662 e. The number of hydrogen-bond donors (Lipinski definition) is 3. The summed E-state index contributed by atoms with van der Waals surface area (Å²) in [5, 5.41) is 15.2. The molecule has 42 valence electrons. The summed E-state index contributed by atoms with van der Waals surface area (Å²) >= 11 is 0. The van der Waals surface area contributed by atoms with Crippen molar-refractivity contribution in [3.05, 3.63) is 0 Å². The van der Waals surface area contributed by atoms with Crippen molar-refractivity contribution in [2.24, 2.45) is 0 Å². The van der Waals surface area contributed by atoms with Crippen LogP contribution in [0.5, 0.6) is 0 Å². The van der Waals surface area contributed by atoms with Gasteiger partial charge in [-0.25, -0.2) is 0 Å². The van der Waals surface area contributed by atoms with Gasteiger partial charge in [0.15, 0.2) is 0 Å². The van der Waals surface area contributed by atoms with E-state index >= 15 is 0 Å². The molecule has 0 bridgehead atoms. The lowest BCUT2D eigenvalue weighted by molar-refractivity contribution is 0.186. The van der Waals surface area contributed by atoms with Crippen LogP contribution >= 0.6 is 17.0 Å². The van der Waals surface area contributed by atoms with E-state index in [1.165, 1.54) is 0 Å². The summed E-state index contributed by atoms with van der Waals surface area (Å²) in [4.78, 5) is 0. The van der Waals surface area contributed by atoms with Crippen LogP contribution < -0.4 is 6.15 Å². The fourth-order valence-electron chi connectivity index (χ4n) is 0. The van der Waals surface area contributed by atoms with Crippen molar-refractivity contribution in [3.63, 3.8) is 0 Å². The highest BCUT2D eigenvalue weighted by molar-refractivity contribution is 8.93. The first-order chi connectivity index (χ1) is 1.91. The van der Waals surface area contributed by atoms with Gasteiger partial charge in [0.25, 0.3) is 0 Å². The van der Waals surface area contributed by atoms with Crippen molar-refractivity contribution in [2.45, 2.75) is 0 Å². The van der Waals surface area contributed by atoms with Gasteiger partial charge in [-0.2, -0.15) is 0 Å². The lowest BCUT2D eigenvalue weighted by atomic mass is 10.8. The standard InChI is InChI=1S/C2H6O2.BrH.H3N/c3-1-2-4;;/h3-4H,1-2H2;1H;1H3. The summed E-state index contributed by atoms with van der Waals surface area (Å²) in [5.41, 5.74) is 0. The summed E-state index contributed by atoms with van der Waals surface area (Å²) in [7, 11) is 0. The molecule has 0 heterocycles. The van der Waals surface area contributed by atoms with Gasteiger partial charge >= 0.3 is 0 Å². The molecule has 0 saturated heterocycles. The second kappa shape index (κ2) is 18.3. The van der Waals surface area contributed by atoms with Crippen LogP contribution in [0, 0.1) is 0 Å². The summed E-state index contributed by atoms with van der Waals surface area (Å²) < 4.78 is 0. The second-order valence-electron chi connectivity index (χ2n) is 0.447. The zero-order valence-corrected chi connectivity index (χ0v) is 5.14. The van der Waals surface area contributed by atoms with E-state index < -0.39 is 0 Å². The van der Waals surface area contributed by atoms with Gasteiger partial charge in [-0.1, -0.05) is 0 Å². The van der Waals surface area contributed by atoms with Crippen LogP contribution in [0.25, 0.3) is 0 Å². The first-order valence-electron chi connectivity index (χ1n) is 1.13. The topological polar surface area (TPSA) is 75.5 Å². The third kappa shape index (κ3) is 26.6.